The minimum atomic E-state index is -0.722. The van der Waals surface area contributed by atoms with Crippen molar-refractivity contribution in [2.24, 2.45) is 5.92 Å². The molecule has 1 amide bonds. The Hall–Kier alpha value is -3.41. The van der Waals surface area contributed by atoms with Gasteiger partial charge in [0.15, 0.2) is 11.5 Å². The Bertz CT molecular complexity index is 1050. The van der Waals surface area contributed by atoms with E-state index in [0.29, 0.717) is 11.5 Å². The minimum Gasteiger partial charge on any atom is -0.503 e. The molecule has 0 radical (unpaired) electrons. The van der Waals surface area contributed by atoms with Gasteiger partial charge in [-0.05, 0) is 23.6 Å². The van der Waals surface area contributed by atoms with Crippen LogP contribution in [0.3, 0.4) is 0 Å². The van der Waals surface area contributed by atoms with E-state index in [-0.39, 0.29) is 23.7 Å². The third-order valence-corrected chi connectivity index (χ3v) is 4.82. The Kier molecular flexibility index (Phi) is 4.47. The predicted octanol–water partition coefficient (Wildman–Crippen LogP) is 4.08. The average molecular weight is 375 g/mol. The Labute approximate surface area is 162 Å². The van der Waals surface area contributed by atoms with E-state index in [1.807, 2.05) is 68.4 Å². The van der Waals surface area contributed by atoms with Gasteiger partial charge in [0.25, 0.3) is 5.91 Å². The SMILES string of the molecule is CC(C)CC(=O)C1=C(O)C(=O)N(c2nc3ccccc3[nH]2)C1c1ccccc1. The number of hydrogen-bond donors (Lipinski definition) is 2. The molecule has 0 spiro atoms. The molecule has 2 heterocycles. The number of hydrogen-bond acceptors (Lipinski definition) is 4. The maximum absolute atomic E-state index is 13.0. The van der Waals surface area contributed by atoms with Crippen molar-refractivity contribution >= 4 is 28.7 Å². The van der Waals surface area contributed by atoms with Crippen LogP contribution < -0.4 is 4.90 Å². The number of carbonyl (C=O) groups excluding carboxylic acids is 2. The number of carbonyl (C=O) groups is 2. The number of para-hydroxylation sites is 2. The summed E-state index contributed by atoms with van der Waals surface area (Å²) < 4.78 is 0. The number of aromatic nitrogens is 2. The lowest BCUT2D eigenvalue weighted by atomic mass is 9.92. The Morgan fingerprint density at radius 3 is 2.50 bits per heavy atom. The predicted molar refractivity (Wildman–Crippen MR) is 107 cm³/mol. The number of fused-ring (bicyclic) bond motifs is 1. The van der Waals surface area contributed by atoms with Crippen LogP contribution in [0.2, 0.25) is 0 Å². The molecular formula is C22H21N3O3. The van der Waals surface area contributed by atoms with Crippen molar-refractivity contribution in [3.63, 3.8) is 0 Å². The number of ketones is 1. The lowest BCUT2D eigenvalue weighted by Gasteiger charge is -2.24. The van der Waals surface area contributed by atoms with Crippen LogP contribution in [-0.2, 0) is 9.59 Å². The van der Waals surface area contributed by atoms with Gasteiger partial charge in [0.1, 0.15) is 0 Å². The van der Waals surface area contributed by atoms with Gasteiger partial charge >= 0.3 is 0 Å². The van der Waals surface area contributed by atoms with Crippen LogP contribution in [0.4, 0.5) is 5.95 Å². The summed E-state index contributed by atoms with van der Waals surface area (Å²) in [6.45, 7) is 3.86. The van der Waals surface area contributed by atoms with Gasteiger partial charge < -0.3 is 10.1 Å². The number of imidazole rings is 1. The summed E-state index contributed by atoms with van der Waals surface area (Å²) in [4.78, 5) is 34.9. The number of rotatable bonds is 5. The first kappa shape index (κ1) is 18.0. The molecule has 0 bridgehead atoms. The van der Waals surface area contributed by atoms with Gasteiger partial charge in [-0.25, -0.2) is 4.98 Å². The average Bonchev–Trinajstić information content (AvgIpc) is 3.21. The molecule has 1 atom stereocenters. The van der Waals surface area contributed by atoms with Crippen LogP contribution in [0.25, 0.3) is 11.0 Å². The number of Topliss-reactive ketones (excluding diaryl/α,β-unsaturated/α-hetero) is 1. The molecule has 4 rings (SSSR count). The van der Waals surface area contributed by atoms with E-state index >= 15 is 0 Å². The summed E-state index contributed by atoms with van der Waals surface area (Å²) >= 11 is 0. The lowest BCUT2D eigenvalue weighted by molar-refractivity contribution is -0.118. The smallest absolute Gasteiger partial charge is 0.296 e. The number of nitrogens with one attached hydrogen (secondary N) is 1. The molecule has 0 aliphatic carbocycles. The molecule has 1 unspecified atom stereocenters. The zero-order valence-electron chi connectivity index (χ0n) is 15.7. The maximum Gasteiger partial charge on any atom is 0.296 e. The number of anilines is 1. The molecule has 6 nitrogen and oxygen atoms in total. The standard InChI is InChI=1S/C22H21N3O3/c1-13(2)12-17(26)18-19(14-8-4-3-5-9-14)25(21(28)20(18)27)22-23-15-10-6-7-11-16(15)24-22/h3-11,13,19,27H,12H2,1-2H3,(H,23,24). The number of benzene rings is 2. The zero-order valence-corrected chi connectivity index (χ0v) is 15.7. The van der Waals surface area contributed by atoms with E-state index < -0.39 is 17.7 Å². The molecule has 1 aromatic heterocycles. The second kappa shape index (κ2) is 6.96. The summed E-state index contributed by atoms with van der Waals surface area (Å²) in [5.74, 6) is -0.938. The first-order valence-corrected chi connectivity index (χ1v) is 9.27. The molecule has 2 N–H and O–H groups in total. The molecule has 3 aromatic rings. The highest BCUT2D eigenvalue weighted by Crippen LogP contribution is 2.41. The van der Waals surface area contributed by atoms with Crippen LogP contribution >= 0.6 is 0 Å². The van der Waals surface area contributed by atoms with Crippen LogP contribution in [-0.4, -0.2) is 26.8 Å². The first-order valence-electron chi connectivity index (χ1n) is 9.27. The zero-order chi connectivity index (χ0) is 19.8. The Balaban J connectivity index is 1.86. The highest BCUT2D eigenvalue weighted by molar-refractivity contribution is 6.16. The van der Waals surface area contributed by atoms with Crippen molar-refractivity contribution in [3.05, 3.63) is 71.5 Å². The Morgan fingerprint density at radius 2 is 1.82 bits per heavy atom. The molecule has 1 aliphatic heterocycles. The largest absolute Gasteiger partial charge is 0.503 e. The molecule has 6 heteroatoms. The van der Waals surface area contributed by atoms with Crippen molar-refractivity contribution in [1.82, 2.24) is 9.97 Å². The van der Waals surface area contributed by atoms with Gasteiger partial charge in [0.05, 0.1) is 22.6 Å². The maximum atomic E-state index is 13.0. The Morgan fingerprint density at radius 1 is 1.14 bits per heavy atom. The third kappa shape index (κ3) is 2.97. The van der Waals surface area contributed by atoms with Crippen molar-refractivity contribution in [2.75, 3.05) is 4.90 Å². The van der Waals surface area contributed by atoms with Crippen molar-refractivity contribution in [3.8, 4) is 0 Å². The number of H-pyrrole nitrogens is 1. The van der Waals surface area contributed by atoms with Crippen LogP contribution in [0.1, 0.15) is 31.9 Å². The number of aliphatic hydroxyl groups excluding tert-OH is 1. The van der Waals surface area contributed by atoms with Crippen molar-refractivity contribution < 1.29 is 14.7 Å². The van der Waals surface area contributed by atoms with Crippen molar-refractivity contribution in [2.45, 2.75) is 26.3 Å². The van der Waals surface area contributed by atoms with Gasteiger partial charge in [0.2, 0.25) is 5.95 Å². The monoisotopic (exact) mass is 375 g/mol. The van der Waals surface area contributed by atoms with Gasteiger partial charge in [-0.1, -0.05) is 56.3 Å². The fourth-order valence-corrected chi connectivity index (χ4v) is 3.59. The van der Waals surface area contributed by atoms with Gasteiger partial charge in [0, 0.05) is 6.42 Å². The van der Waals surface area contributed by atoms with E-state index in [9.17, 15) is 14.7 Å². The molecule has 0 saturated heterocycles. The van der Waals surface area contributed by atoms with Crippen LogP contribution in [0, 0.1) is 5.92 Å². The van der Waals surface area contributed by atoms with Gasteiger partial charge in [-0.2, -0.15) is 0 Å². The van der Waals surface area contributed by atoms with Gasteiger partial charge in [-0.3, -0.25) is 14.5 Å². The van der Waals surface area contributed by atoms with E-state index in [2.05, 4.69) is 9.97 Å². The van der Waals surface area contributed by atoms with E-state index in [1.54, 1.807) is 0 Å². The second-order valence-corrected chi connectivity index (χ2v) is 7.35. The fourth-order valence-electron chi connectivity index (χ4n) is 3.59. The number of aromatic amines is 1. The first-order chi connectivity index (χ1) is 13.5. The summed E-state index contributed by atoms with van der Waals surface area (Å²) in [6.07, 6.45) is 0.254. The minimum absolute atomic E-state index is 0.111. The van der Waals surface area contributed by atoms with E-state index in [0.717, 1.165) is 11.1 Å². The number of aliphatic hydroxyl groups is 1. The molecule has 2 aromatic carbocycles. The summed E-state index contributed by atoms with van der Waals surface area (Å²) in [6, 6.07) is 16.0. The van der Waals surface area contributed by atoms with Crippen LogP contribution in [0.5, 0.6) is 0 Å². The lowest BCUT2D eigenvalue weighted by Crippen LogP contribution is -2.32. The van der Waals surface area contributed by atoms with E-state index in [1.165, 1.54) is 4.90 Å². The van der Waals surface area contributed by atoms with E-state index in [4.69, 9.17) is 0 Å². The highest BCUT2D eigenvalue weighted by atomic mass is 16.3. The number of amides is 1. The molecule has 28 heavy (non-hydrogen) atoms. The molecule has 1 aliphatic rings. The van der Waals surface area contributed by atoms with Crippen LogP contribution in [0.15, 0.2) is 65.9 Å². The topological polar surface area (TPSA) is 86.3 Å². The summed E-state index contributed by atoms with van der Waals surface area (Å²) in [5, 5.41) is 10.6. The molecule has 142 valence electrons. The summed E-state index contributed by atoms with van der Waals surface area (Å²) in [5.41, 5.74) is 2.36. The molecule has 0 saturated carbocycles. The second-order valence-electron chi connectivity index (χ2n) is 7.35. The summed E-state index contributed by atoms with van der Waals surface area (Å²) in [7, 11) is 0. The normalized spacial score (nSPS) is 17.2. The molecule has 0 fully saturated rings. The third-order valence-electron chi connectivity index (χ3n) is 4.82. The fraction of sp³-hybridized carbons (Fsp3) is 0.227. The molecular weight excluding hydrogens is 354 g/mol. The quantitative estimate of drug-likeness (QED) is 0.704. The van der Waals surface area contributed by atoms with Crippen molar-refractivity contribution in [1.29, 1.82) is 0 Å². The van der Waals surface area contributed by atoms with Gasteiger partial charge in [-0.15, -0.1) is 0 Å². The number of nitrogens with zero attached hydrogens (tertiary/aromatic N) is 2. The highest BCUT2D eigenvalue weighted by Gasteiger charge is 2.45.